The molecule has 0 aromatic heterocycles. The van der Waals surface area contributed by atoms with Crippen molar-refractivity contribution in [1.82, 2.24) is 0 Å². The Kier molecular flexibility index (Phi) is 5.53. The first kappa shape index (κ1) is 17.5. The molecule has 126 valence electrons. The quantitative estimate of drug-likeness (QED) is 0.559. The third kappa shape index (κ3) is 4.32. The molecule has 0 aliphatic heterocycles. The average Bonchev–Trinajstić information content (AvgIpc) is 2.52. The molecule has 0 fully saturated rings. The van der Waals surface area contributed by atoms with E-state index in [1.165, 1.54) is 17.7 Å². The molecule has 4 heteroatoms. The van der Waals surface area contributed by atoms with Crippen LogP contribution in [0.2, 0.25) is 0 Å². The van der Waals surface area contributed by atoms with Gasteiger partial charge in [-0.25, -0.2) is 0 Å². The van der Waals surface area contributed by atoms with Crippen LogP contribution in [0, 0.1) is 0 Å². The molecule has 0 unspecified atom stereocenters. The minimum atomic E-state index is -0.0115. The molecule has 0 radical (unpaired) electrons. The average molecular weight is 326 g/mol. The van der Waals surface area contributed by atoms with E-state index in [0.717, 1.165) is 11.1 Å². The normalized spacial score (nSPS) is 10.8. The van der Waals surface area contributed by atoms with Gasteiger partial charge in [0.05, 0.1) is 7.11 Å². The number of phenols is 3. The van der Waals surface area contributed by atoms with Crippen molar-refractivity contribution in [1.29, 1.82) is 0 Å². The van der Waals surface area contributed by atoms with Crippen LogP contribution in [0.5, 0.6) is 23.0 Å². The number of hydrogen-bond acceptors (Lipinski definition) is 4. The van der Waals surface area contributed by atoms with Crippen molar-refractivity contribution in [3.8, 4) is 23.0 Å². The van der Waals surface area contributed by atoms with E-state index >= 15 is 0 Å². The minimum absolute atomic E-state index is 0.00703. The van der Waals surface area contributed by atoms with Crippen molar-refractivity contribution in [3.63, 3.8) is 0 Å². The van der Waals surface area contributed by atoms with Crippen LogP contribution >= 0.6 is 0 Å². The van der Waals surface area contributed by atoms with E-state index in [-0.39, 0.29) is 17.2 Å². The SMILES string of the molecule is COc1cc(/C=C\c2ccc(O)cc2O)cc(O)c1CC=C(C)C. The summed E-state index contributed by atoms with van der Waals surface area (Å²) >= 11 is 0. The van der Waals surface area contributed by atoms with E-state index in [1.54, 1.807) is 31.4 Å². The van der Waals surface area contributed by atoms with Crippen LogP contribution < -0.4 is 4.74 Å². The van der Waals surface area contributed by atoms with Crippen LogP contribution in [0.25, 0.3) is 12.2 Å². The van der Waals surface area contributed by atoms with Crippen molar-refractivity contribution in [2.45, 2.75) is 20.3 Å². The van der Waals surface area contributed by atoms with Gasteiger partial charge in [-0.3, -0.25) is 0 Å². The molecule has 3 N–H and O–H groups in total. The molecule has 2 rings (SSSR count). The van der Waals surface area contributed by atoms with Gasteiger partial charge in [-0.15, -0.1) is 0 Å². The van der Waals surface area contributed by atoms with Crippen molar-refractivity contribution in [3.05, 3.63) is 58.7 Å². The fourth-order valence-corrected chi connectivity index (χ4v) is 2.30. The highest BCUT2D eigenvalue weighted by Crippen LogP contribution is 2.32. The van der Waals surface area contributed by atoms with Crippen molar-refractivity contribution in [2.75, 3.05) is 7.11 Å². The maximum Gasteiger partial charge on any atom is 0.126 e. The lowest BCUT2D eigenvalue weighted by atomic mass is 10.0. The van der Waals surface area contributed by atoms with Crippen molar-refractivity contribution in [2.24, 2.45) is 0 Å². The summed E-state index contributed by atoms with van der Waals surface area (Å²) in [7, 11) is 1.57. The lowest BCUT2D eigenvalue weighted by molar-refractivity contribution is 0.401. The van der Waals surface area contributed by atoms with Gasteiger partial charge in [0.1, 0.15) is 23.0 Å². The highest BCUT2D eigenvalue weighted by molar-refractivity contribution is 5.74. The number of methoxy groups -OCH3 is 1. The molecule has 0 bridgehead atoms. The van der Waals surface area contributed by atoms with Gasteiger partial charge in [-0.2, -0.15) is 0 Å². The summed E-state index contributed by atoms with van der Waals surface area (Å²) in [5, 5.41) is 29.4. The first-order valence-corrected chi connectivity index (χ1v) is 7.64. The molecular formula is C20H22O4. The molecule has 2 aromatic rings. The van der Waals surface area contributed by atoms with Crippen LogP contribution in [-0.2, 0) is 6.42 Å². The number of aromatic hydroxyl groups is 3. The first-order valence-electron chi connectivity index (χ1n) is 7.64. The Hall–Kier alpha value is -2.88. The summed E-state index contributed by atoms with van der Waals surface area (Å²) in [6.45, 7) is 4.01. The van der Waals surface area contributed by atoms with Crippen LogP contribution in [0.4, 0.5) is 0 Å². The fraction of sp³-hybridized carbons (Fsp3) is 0.200. The first-order chi connectivity index (χ1) is 11.4. The minimum Gasteiger partial charge on any atom is -0.508 e. The highest BCUT2D eigenvalue weighted by atomic mass is 16.5. The van der Waals surface area contributed by atoms with Gasteiger partial charge in [0.25, 0.3) is 0 Å². The lowest BCUT2D eigenvalue weighted by Crippen LogP contribution is -1.93. The summed E-state index contributed by atoms with van der Waals surface area (Å²) in [5.74, 6) is 0.777. The number of allylic oxidation sites excluding steroid dienone is 2. The lowest BCUT2D eigenvalue weighted by Gasteiger charge is -2.11. The molecular weight excluding hydrogens is 304 g/mol. The Morgan fingerprint density at radius 3 is 2.38 bits per heavy atom. The van der Waals surface area contributed by atoms with E-state index < -0.39 is 0 Å². The molecule has 0 atom stereocenters. The topological polar surface area (TPSA) is 69.9 Å². The zero-order valence-corrected chi connectivity index (χ0v) is 14.1. The van der Waals surface area contributed by atoms with Gasteiger partial charge in [-0.05, 0) is 50.1 Å². The molecule has 4 nitrogen and oxygen atoms in total. The Morgan fingerprint density at radius 2 is 1.75 bits per heavy atom. The van der Waals surface area contributed by atoms with Crippen molar-refractivity contribution >= 4 is 12.2 Å². The van der Waals surface area contributed by atoms with Crippen LogP contribution in [-0.4, -0.2) is 22.4 Å². The van der Waals surface area contributed by atoms with E-state index in [2.05, 4.69) is 0 Å². The van der Waals surface area contributed by atoms with Crippen LogP contribution in [0.15, 0.2) is 42.0 Å². The zero-order valence-electron chi connectivity index (χ0n) is 14.1. The number of rotatable bonds is 5. The monoisotopic (exact) mass is 326 g/mol. The number of ether oxygens (including phenoxy) is 1. The molecule has 2 aromatic carbocycles. The summed E-state index contributed by atoms with van der Waals surface area (Å²) in [6, 6.07) is 7.88. The number of hydrogen-bond donors (Lipinski definition) is 3. The van der Waals surface area contributed by atoms with Crippen LogP contribution in [0.1, 0.15) is 30.5 Å². The second-order valence-corrected chi connectivity index (χ2v) is 5.78. The van der Waals surface area contributed by atoms with Crippen molar-refractivity contribution < 1.29 is 20.1 Å². The predicted octanol–water partition coefficient (Wildman–Crippen LogP) is 4.49. The highest BCUT2D eigenvalue weighted by Gasteiger charge is 2.09. The van der Waals surface area contributed by atoms with Gasteiger partial charge in [-0.1, -0.05) is 23.8 Å². The van der Waals surface area contributed by atoms with Crippen LogP contribution in [0.3, 0.4) is 0 Å². The molecule has 0 aliphatic carbocycles. The zero-order chi connectivity index (χ0) is 17.7. The van der Waals surface area contributed by atoms with E-state index in [1.807, 2.05) is 26.0 Å². The third-order valence-electron chi connectivity index (χ3n) is 3.61. The standard InChI is InChI=1S/C20H22O4/c1-13(2)4-9-17-19(23)10-14(11-20(17)24-3)5-6-15-7-8-16(21)12-18(15)22/h4-8,10-12,21-23H,9H2,1-3H3/b6-5-. The molecule has 0 heterocycles. The molecule has 24 heavy (non-hydrogen) atoms. The third-order valence-corrected chi connectivity index (χ3v) is 3.61. The fourth-order valence-electron chi connectivity index (χ4n) is 2.30. The van der Waals surface area contributed by atoms with Gasteiger partial charge >= 0.3 is 0 Å². The maximum absolute atomic E-state index is 10.3. The summed E-state index contributed by atoms with van der Waals surface area (Å²) in [6.07, 6.45) is 6.10. The Morgan fingerprint density at radius 1 is 1.00 bits per heavy atom. The van der Waals surface area contributed by atoms with Gasteiger partial charge in [0.15, 0.2) is 0 Å². The molecule has 0 aliphatic rings. The summed E-state index contributed by atoms with van der Waals surface area (Å²) < 4.78 is 5.39. The number of benzene rings is 2. The Bertz CT molecular complexity index is 784. The maximum atomic E-state index is 10.3. The van der Waals surface area contributed by atoms with E-state index in [4.69, 9.17) is 4.74 Å². The summed E-state index contributed by atoms with van der Waals surface area (Å²) in [5.41, 5.74) is 3.23. The summed E-state index contributed by atoms with van der Waals surface area (Å²) in [4.78, 5) is 0. The second kappa shape index (κ2) is 7.59. The Balaban J connectivity index is 2.33. The molecule has 0 saturated carbocycles. The van der Waals surface area contributed by atoms with Gasteiger partial charge in [0.2, 0.25) is 0 Å². The van der Waals surface area contributed by atoms with E-state index in [9.17, 15) is 15.3 Å². The van der Waals surface area contributed by atoms with Gasteiger partial charge < -0.3 is 20.1 Å². The van der Waals surface area contributed by atoms with Gasteiger partial charge in [0, 0.05) is 17.2 Å². The molecule has 0 spiro atoms. The predicted molar refractivity (Wildman–Crippen MR) is 96.5 cm³/mol. The van der Waals surface area contributed by atoms with E-state index in [0.29, 0.717) is 17.7 Å². The number of phenolic OH excluding ortho intramolecular Hbond substituents is 3. The second-order valence-electron chi connectivity index (χ2n) is 5.78. The molecule has 0 amide bonds. The smallest absolute Gasteiger partial charge is 0.126 e. The largest absolute Gasteiger partial charge is 0.508 e. The Labute approximate surface area is 142 Å². The molecule has 0 saturated heterocycles.